The topological polar surface area (TPSA) is 49.4 Å². The Morgan fingerprint density at radius 3 is 2.65 bits per heavy atom. The van der Waals surface area contributed by atoms with Gasteiger partial charge in [0.15, 0.2) is 0 Å². The van der Waals surface area contributed by atoms with E-state index in [4.69, 9.17) is 11.6 Å². The molecule has 0 atom stereocenters. The standard InChI is InChI=1S/C18H25ClN2O2/c1-14(22)21(11-9-15-5-4-6-16(19)13-15)12-10-18(23)20-17-7-2-3-8-17/h4-6,13,17H,2-3,7-12H2,1H3,(H,20,23). The van der Waals surface area contributed by atoms with Crippen LogP contribution >= 0.6 is 11.6 Å². The Labute approximate surface area is 143 Å². The highest BCUT2D eigenvalue weighted by Crippen LogP contribution is 2.17. The van der Waals surface area contributed by atoms with Crippen LogP contribution in [0, 0.1) is 0 Å². The van der Waals surface area contributed by atoms with Gasteiger partial charge in [0.2, 0.25) is 11.8 Å². The molecule has 2 amide bonds. The third kappa shape index (κ3) is 6.22. The zero-order chi connectivity index (χ0) is 16.7. The van der Waals surface area contributed by atoms with Crippen LogP contribution in [0.5, 0.6) is 0 Å². The van der Waals surface area contributed by atoms with E-state index in [0.29, 0.717) is 30.6 Å². The second-order valence-corrected chi connectivity index (χ2v) is 6.62. The number of nitrogens with zero attached hydrogens (tertiary/aromatic N) is 1. The smallest absolute Gasteiger partial charge is 0.221 e. The molecule has 5 heteroatoms. The Morgan fingerprint density at radius 2 is 2.00 bits per heavy atom. The van der Waals surface area contributed by atoms with Crippen molar-refractivity contribution >= 4 is 23.4 Å². The van der Waals surface area contributed by atoms with Crippen LogP contribution in [0.25, 0.3) is 0 Å². The number of carbonyl (C=O) groups excluding carboxylic acids is 2. The highest BCUT2D eigenvalue weighted by atomic mass is 35.5. The molecule has 0 spiro atoms. The third-order valence-corrected chi connectivity index (χ3v) is 4.57. The van der Waals surface area contributed by atoms with E-state index in [1.807, 2.05) is 24.3 Å². The Bertz CT molecular complexity index is 542. The third-order valence-electron chi connectivity index (χ3n) is 4.33. The van der Waals surface area contributed by atoms with Crippen LogP contribution in [0.4, 0.5) is 0 Å². The van der Waals surface area contributed by atoms with Gasteiger partial charge in [-0.15, -0.1) is 0 Å². The first-order chi connectivity index (χ1) is 11.0. The first-order valence-corrected chi connectivity index (χ1v) is 8.71. The van der Waals surface area contributed by atoms with Crippen LogP contribution < -0.4 is 5.32 Å². The minimum Gasteiger partial charge on any atom is -0.353 e. The fourth-order valence-electron chi connectivity index (χ4n) is 2.99. The highest BCUT2D eigenvalue weighted by molar-refractivity contribution is 6.30. The van der Waals surface area contributed by atoms with Crippen molar-refractivity contribution in [2.24, 2.45) is 0 Å². The van der Waals surface area contributed by atoms with Gasteiger partial charge in [0.05, 0.1) is 0 Å². The number of benzene rings is 1. The second kappa shape index (κ2) is 8.92. The monoisotopic (exact) mass is 336 g/mol. The van der Waals surface area contributed by atoms with Gasteiger partial charge in [-0.25, -0.2) is 0 Å². The molecule has 1 aromatic rings. The van der Waals surface area contributed by atoms with E-state index in [-0.39, 0.29) is 11.8 Å². The largest absolute Gasteiger partial charge is 0.353 e. The lowest BCUT2D eigenvalue weighted by molar-refractivity contribution is -0.129. The molecule has 0 aliphatic heterocycles. The SMILES string of the molecule is CC(=O)N(CCC(=O)NC1CCCC1)CCc1cccc(Cl)c1. The van der Waals surface area contributed by atoms with E-state index in [1.54, 1.807) is 11.8 Å². The van der Waals surface area contributed by atoms with E-state index in [2.05, 4.69) is 5.32 Å². The van der Waals surface area contributed by atoms with Crippen LogP contribution in [0.2, 0.25) is 5.02 Å². The number of nitrogens with one attached hydrogen (secondary N) is 1. The predicted molar refractivity (Wildman–Crippen MR) is 92.4 cm³/mol. The van der Waals surface area contributed by atoms with Gasteiger partial charge in [-0.1, -0.05) is 36.6 Å². The number of halogens is 1. The summed E-state index contributed by atoms with van der Waals surface area (Å²) in [7, 11) is 0. The number of hydrogen-bond acceptors (Lipinski definition) is 2. The maximum absolute atomic E-state index is 12.0. The summed E-state index contributed by atoms with van der Waals surface area (Å²) in [6.45, 7) is 2.62. The fraction of sp³-hybridized carbons (Fsp3) is 0.556. The quantitative estimate of drug-likeness (QED) is 0.831. The molecule has 4 nitrogen and oxygen atoms in total. The average Bonchev–Trinajstić information content (AvgIpc) is 2.99. The molecule has 23 heavy (non-hydrogen) atoms. The van der Waals surface area contributed by atoms with Crippen molar-refractivity contribution in [3.05, 3.63) is 34.9 Å². The van der Waals surface area contributed by atoms with Gasteiger partial charge in [-0.2, -0.15) is 0 Å². The molecule has 1 N–H and O–H groups in total. The van der Waals surface area contributed by atoms with Crippen molar-refractivity contribution in [3.8, 4) is 0 Å². The summed E-state index contributed by atoms with van der Waals surface area (Å²) >= 11 is 5.97. The zero-order valence-electron chi connectivity index (χ0n) is 13.7. The molecule has 1 aliphatic carbocycles. The number of hydrogen-bond donors (Lipinski definition) is 1. The van der Waals surface area contributed by atoms with Crippen molar-refractivity contribution in [1.82, 2.24) is 10.2 Å². The lowest BCUT2D eigenvalue weighted by Crippen LogP contribution is -2.37. The molecule has 1 aliphatic rings. The summed E-state index contributed by atoms with van der Waals surface area (Å²) in [5, 5.41) is 3.76. The van der Waals surface area contributed by atoms with Gasteiger partial charge in [-0.05, 0) is 37.0 Å². The molecule has 0 radical (unpaired) electrons. The first-order valence-electron chi connectivity index (χ1n) is 8.34. The summed E-state index contributed by atoms with van der Waals surface area (Å²) in [5.74, 6) is 0.0478. The molecular formula is C18H25ClN2O2. The maximum Gasteiger partial charge on any atom is 0.221 e. The van der Waals surface area contributed by atoms with Gasteiger partial charge in [0, 0.05) is 37.5 Å². The van der Waals surface area contributed by atoms with Crippen LogP contribution in [-0.4, -0.2) is 35.8 Å². The molecule has 0 heterocycles. The average molecular weight is 337 g/mol. The van der Waals surface area contributed by atoms with Crippen molar-refractivity contribution in [2.75, 3.05) is 13.1 Å². The summed E-state index contributed by atoms with van der Waals surface area (Å²) in [6, 6.07) is 7.98. The van der Waals surface area contributed by atoms with Gasteiger partial charge in [0.1, 0.15) is 0 Å². The number of carbonyl (C=O) groups is 2. The van der Waals surface area contributed by atoms with Gasteiger partial charge in [0.25, 0.3) is 0 Å². The first kappa shape index (κ1) is 17.8. The second-order valence-electron chi connectivity index (χ2n) is 6.18. The summed E-state index contributed by atoms with van der Waals surface area (Å²) in [5.41, 5.74) is 1.10. The van der Waals surface area contributed by atoms with E-state index in [9.17, 15) is 9.59 Å². The Hall–Kier alpha value is -1.55. The highest BCUT2D eigenvalue weighted by Gasteiger charge is 2.18. The minimum absolute atomic E-state index is 0.000643. The lowest BCUT2D eigenvalue weighted by Gasteiger charge is -2.21. The van der Waals surface area contributed by atoms with Gasteiger partial charge < -0.3 is 10.2 Å². The number of amides is 2. The lowest BCUT2D eigenvalue weighted by atomic mass is 10.1. The van der Waals surface area contributed by atoms with E-state index in [0.717, 1.165) is 24.8 Å². The normalized spacial score (nSPS) is 14.7. The molecular weight excluding hydrogens is 312 g/mol. The van der Waals surface area contributed by atoms with Crippen molar-refractivity contribution in [1.29, 1.82) is 0 Å². The van der Waals surface area contributed by atoms with Gasteiger partial charge in [-0.3, -0.25) is 9.59 Å². The molecule has 0 aromatic heterocycles. The van der Waals surface area contributed by atoms with Crippen LogP contribution in [0.15, 0.2) is 24.3 Å². The summed E-state index contributed by atoms with van der Waals surface area (Å²) in [4.78, 5) is 25.5. The van der Waals surface area contributed by atoms with E-state index < -0.39 is 0 Å². The molecule has 0 bridgehead atoms. The van der Waals surface area contributed by atoms with Gasteiger partial charge >= 0.3 is 0 Å². The van der Waals surface area contributed by atoms with E-state index in [1.165, 1.54) is 12.8 Å². The van der Waals surface area contributed by atoms with Crippen LogP contribution in [0.1, 0.15) is 44.6 Å². The summed E-state index contributed by atoms with van der Waals surface area (Å²) in [6.07, 6.45) is 5.66. The van der Waals surface area contributed by atoms with E-state index >= 15 is 0 Å². The molecule has 1 saturated carbocycles. The molecule has 2 rings (SSSR count). The summed E-state index contributed by atoms with van der Waals surface area (Å²) < 4.78 is 0. The number of rotatable bonds is 7. The van der Waals surface area contributed by atoms with Crippen molar-refractivity contribution < 1.29 is 9.59 Å². The molecule has 126 valence electrons. The maximum atomic E-state index is 12.0. The molecule has 1 aromatic carbocycles. The Morgan fingerprint density at radius 1 is 1.26 bits per heavy atom. The molecule has 0 saturated heterocycles. The van der Waals surface area contributed by atoms with Crippen LogP contribution in [0.3, 0.4) is 0 Å². The van der Waals surface area contributed by atoms with Crippen molar-refractivity contribution in [2.45, 2.75) is 51.5 Å². The van der Waals surface area contributed by atoms with Crippen molar-refractivity contribution in [3.63, 3.8) is 0 Å². The molecule has 1 fully saturated rings. The molecule has 0 unspecified atom stereocenters. The fourth-order valence-corrected chi connectivity index (χ4v) is 3.20. The predicted octanol–water partition coefficient (Wildman–Crippen LogP) is 3.18. The zero-order valence-corrected chi connectivity index (χ0v) is 14.4. The Balaban J connectivity index is 1.76. The van der Waals surface area contributed by atoms with Crippen LogP contribution in [-0.2, 0) is 16.0 Å². The Kier molecular flexibility index (Phi) is 6.90. The minimum atomic E-state index is 0.000643.